The minimum Gasteiger partial charge on any atom is -0.395 e. The van der Waals surface area contributed by atoms with E-state index in [1.54, 1.807) is 12.1 Å². The summed E-state index contributed by atoms with van der Waals surface area (Å²) in [7, 11) is 0. The van der Waals surface area contributed by atoms with Crippen LogP contribution >= 0.6 is 0 Å². The number of rotatable bonds is 2. The average molecular weight is 448 g/mol. The van der Waals surface area contributed by atoms with E-state index in [1.807, 2.05) is 11.8 Å². The van der Waals surface area contributed by atoms with Gasteiger partial charge in [-0.15, -0.1) is 8.78 Å². The van der Waals surface area contributed by atoms with Crippen LogP contribution in [0, 0.1) is 18.6 Å². The molecule has 2 aliphatic rings. The Morgan fingerprint density at radius 1 is 1.03 bits per heavy atom. The number of hydrogen-bond donors (Lipinski definition) is 1. The molecule has 1 N–H and O–H groups in total. The van der Waals surface area contributed by atoms with Crippen LogP contribution in [0.15, 0.2) is 36.4 Å². The van der Waals surface area contributed by atoms with Crippen LogP contribution in [0.5, 0.6) is 11.5 Å². The Bertz CT molecular complexity index is 1120. The molecule has 4 nitrogen and oxygen atoms in total. The smallest absolute Gasteiger partial charge is 0.395 e. The third-order valence-corrected chi connectivity index (χ3v) is 5.28. The molecule has 1 aromatic heterocycles. The van der Waals surface area contributed by atoms with Crippen LogP contribution in [0.3, 0.4) is 0 Å². The zero-order chi connectivity index (χ0) is 23.0. The van der Waals surface area contributed by atoms with Crippen LogP contribution in [0.25, 0.3) is 11.3 Å². The lowest BCUT2D eigenvalue weighted by Gasteiger charge is -2.30. The topological polar surface area (TPSA) is 37.5 Å². The van der Waals surface area contributed by atoms with E-state index in [1.165, 1.54) is 30.7 Å². The quantitative estimate of drug-likeness (QED) is 0.451. The number of nitrogens with one attached hydrogen (secondary N) is 1. The SMILES string of the molecule is CCC.Cc1cc2c(cc1N1CCc3[nH]c(-c4c(F)cccc4F)cc3C1)OC(F)(F)O2. The van der Waals surface area contributed by atoms with Crippen LogP contribution in [-0.2, 0) is 13.0 Å². The van der Waals surface area contributed by atoms with Crippen molar-refractivity contribution in [3.05, 3.63) is 64.9 Å². The molecule has 0 atom stereocenters. The summed E-state index contributed by atoms with van der Waals surface area (Å²) in [5.74, 6) is -1.27. The molecular weight excluding hydrogens is 424 g/mol. The number of hydrogen-bond acceptors (Lipinski definition) is 3. The highest BCUT2D eigenvalue weighted by Crippen LogP contribution is 2.45. The lowest BCUT2D eigenvalue weighted by atomic mass is 10.0. The van der Waals surface area contributed by atoms with Gasteiger partial charge >= 0.3 is 6.29 Å². The first-order chi connectivity index (χ1) is 15.2. The van der Waals surface area contributed by atoms with Crippen molar-refractivity contribution in [1.29, 1.82) is 0 Å². The van der Waals surface area contributed by atoms with E-state index in [9.17, 15) is 17.6 Å². The predicted octanol–water partition coefficient (Wildman–Crippen LogP) is 6.57. The highest BCUT2D eigenvalue weighted by Gasteiger charge is 2.44. The van der Waals surface area contributed by atoms with Crippen LogP contribution in [-0.4, -0.2) is 17.8 Å². The van der Waals surface area contributed by atoms with Crippen molar-refractivity contribution in [2.45, 2.75) is 46.5 Å². The van der Waals surface area contributed by atoms with E-state index < -0.39 is 17.9 Å². The molecule has 0 amide bonds. The number of aromatic amines is 1. The molecule has 170 valence electrons. The van der Waals surface area contributed by atoms with Gasteiger partial charge in [0.1, 0.15) is 11.6 Å². The van der Waals surface area contributed by atoms with Gasteiger partial charge in [-0.1, -0.05) is 26.3 Å². The van der Waals surface area contributed by atoms with Crippen molar-refractivity contribution in [3.8, 4) is 22.8 Å². The number of halogens is 4. The molecule has 2 aliphatic heterocycles. The molecule has 8 heteroatoms. The third kappa shape index (κ3) is 4.13. The number of benzene rings is 2. The Labute approximate surface area is 183 Å². The maximum atomic E-state index is 14.1. The summed E-state index contributed by atoms with van der Waals surface area (Å²) in [6, 6.07) is 8.57. The van der Waals surface area contributed by atoms with Crippen molar-refractivity contribution in [2.75, 3.05) is 11.4 Å². The zero-order valence-electron chi connectivity index (χ0n) is 18.1. The molecular formula is C24H24F4N2O2. The van der Waals surface area contributed by atoms with E-state index in [0.717, 1.165) is 22.5 Å². The average Bonchev–Trinajstić information content (AvgIpc) is 3.25. The molecule has 0 radical (unpaired) electrons. The number of aromatic nitrogens is 1. The summed E-state index contributed by atoms with van der Waals surface area (Å²) < 4.78 is 64.0. The van der Waals surface area contributed by atoms with Crippen molar-refractivity contribution in [1.82, 2.24) is 4.98 Å². The van der Waals surface area contributed by atoms with Gasteiger partial charge in [-0.3, -0.25) is 0 Å². The van der Waals surface area contributed by atoms with Crippen LogP contribution in [0.1, 0.15) is 37.1 Å². The van der Waals surface area contributed by atoms with Gasteiger partial charge in [-0.05, 0) is 42.3 Å². The second-order valence-corrected chi connectivity index (χ2v) is 7.92. The van der Waals surface area contributed by atoms with E-state index in [-0.39, 0.29) is 17.1 Å². The van der Waals surface area contributed by atoms with Gasteiger partial charge < -0.3 is 19.4 Å². The lowest BCUT2D eigenvalue weighted by molar-refractivity contribution is -0.286. The Morgan fingerprint density at radius 2 is 1.66 bits per heavy atom. The van der Waals surface area contributed by atoms with Gasteiger partial charge in [0.2, 0.25) is 0 Å². The van der Waals surface area contributed by atoms with Crippen LogP contribution < -0.4 is 14.4 Å². The Kier molecular flexibility index (Phi) is 5.79. The second kappa shape index (κ2) is 8.41. The molecule has 0 unspecified atom stereocenters. The van der Waals surface area contributed by atoms with E-state index in [4.69, 9.17) is 0 Å². The molecule has 2 aromatic carbocycles. The monoisotopic (exact) mass is 448 g/mol. The molecule has 0 fully saturated rings. The minimum absolute atomic E-state index is 0.00732. The van der Waals surface area contributed by atoms with Crippen LogP contribution in [0.4, 0.5) is 23.2 Å². The van der Waals surface area contributed by atoms with Crippen molar-refractivity contribution >= 4 is 5.69 Å². The Balaban J connectivity index is 0.000000775. The molecule has 0 spiro atoms. The van der Waals surface area contributed by atoms with Crippen molar-refractivity contribution in [2.24, 2.45) is 0 Å². The van der Waals surface area contributed by atoms with Crippen molar-refractivity contribution in [3.63, 3.8) is 0 Å². The minimum atomic E-state index is -3.66. The maximum absolute atomic E-state index is 14.1. The van der Waals surface area contributed by atoms with E-state index in [2.05, 4.69) is 28.3 Å². The fourth-order valence-corrected chi connectivity index (χ4v) is 3.96. The fourth-order valence-electron chi connectivity index (χ4n) is 3.96. The predicted molar refractivity (Wildman–Crippen MR) is 114 cm³/mol. The van der Waals surface area contributed by atoms with Crippen molar-refractivity contribution < 1.29 is 27.0 Å². The Morgan fingerprint density at radius 3 is 2.31 bits per heavy atom. The zero-order valence-corrected chi connectivity index (χ0v) is 18.1. The normalized spacial score (nSPS) is 15.8. The summed E-state index contributed by atoms with van der Waals surface area (Å²) >= 11 is 0. The van der Waals surface area contributed by atoms with E-state index in [0.29, 0.717) is 25.2 Å². The molecule has 3 aromatic rings. The summed E-state index contributed by atoms with van der Waals surface area (Å²) in [5, 5.41) is 0. The number of H-pyrrole nitrogens is 1. The molecule has 0 saturated carbocycles. The molecule has 0 aliphatic carbocycles. The summed E-state index contributed by atoms with van der Waals surface area (Å²) in [5.41, 5.74) is 3.62. The standard InChI is InChI=1S/C21H16F4N2O2.C3H8/c1-11-7-18-19(29-21(24,25)28-18)9-17(11)27-6-5-15-12(10-27)8-16(26-15)20-13(22)3-2-4-14(20)23;1-3-2/h2-4,7-9,26H,5-6,10H2,1H3;3H2,1-2H3. The number of nitrogens with zero attached hydrogens (tertiary/aromatic N) is 1. The highest BCUT2D eigenvalue weighted by atomic mass is 19.3. The molecule has 32 heavy (non-hydrogen) atoms. The summed E-state index contributed by atoms with van der Waals surface area (Å²) in [4.78, 5) is 5.14. The first-order valence-electron chi connectivity index (χ1n) is 10.5. The fraction of sp³-hybridized carbons (Fsp3) is 0.333. The van der Waals surface area contributed by atoms with Gasteiger partial charge in [-0.2, -0.15) is 0 Å². The number of ether oxygens (including phenoxy) is 2. The second-order valence-electron chi connectivity index (χ2n) is 7.92. The number of aryl methyl sites for hydroxylation is 1. The summed E-state index contributed by atoms with van der Waals surface area (Å²) in [6.45, 7) is 7.14. The van der Waals surface area contributed by atoms with Crippen LogP contribution in [0.2, 0.25) is 0 Å². The number of alkyl halides is 2. The summed E-state index contributed by atoms with van der Waals surface area (Å²) in [6.07, 6.45) is -1.79. The van der Waals surface area contributed by atoms with Gasteiger partial charge in [0.05, 0.1) is 11.3 Å². The lowest BCUT2D eigenvalue weighted by Crippen LogP contribution is -2.30. The van der Waals surface area contributed by atoms with E-state index >= 15 is 0 Å². The Hall–Kier alpha value is -3.16. The molecule has 3 heterocycles. The first kappa shape index (κ1) is 22.0. The molecule has 0 bridgehead atoms. The first-order valence-corrected chi connectivity index (χ1v) is 10.5. The van der Waals surface area contributed by atoms with Gasteiger partial charge in [0.15, 0.2) is 11.5 Å². The number of anilines is 1. The highest BCUT2D eigenvalue weighted by molar-refractivity contribution is 5.66. The van der Waals surface area contributed by atoms with Gasteiger partial charge in [0.25, 0.3) is 0 Å². The maximum Gasteiger partial charge on any atom is 0.586 e. The largest absolute Gasteiger partial charge is 0.586 e. The number of fused-ring (bicyclic) bond motifs is 2. The molecule has 5 rings (SSSR count). The van der Waals surface area contributed by atoms with Gasteiger partial charge in [-0.25, -0.2) is 8.78 Å². The third-order valence-electron chi connectivity index (χ3n) is 5.28. The van der Waals surface area contributed by atoms with Gasteiger partial charge in [0, 0.05) is 37.0 Å². The molecule has 0 saturated heterocycles.